The summed E-state index contributed by atoms with van der Waals surface area (Å²) in [5.41, 5.74) is 0.183. The number of aliphatic hydroxyl groups excluding tert-OH is 1. The Labute approximate surface area is 115 Å². The van der Waals surface area contributed by atoms with Crippen LogP contribution >= 0.6 is 11.3 Å². The maximum Gasteiger partial charge on any atom is 0.0499 e. The molecule has 0 aliphatic heterocycles. The van der Waals surface area contributed by atoms with Gasteiger partial charge in [0.15, 0.2) is 0 Å². The van der Waals surface area contributed by atoms with Gasteiger partial charge in [0.1, 0.15) is 0 Å². The molecule has 0 spiro atoms. The van der Waals surface area contributed by atoms with Gasteiger partial charge in [-0.25, -0.2) is 0 Å². The maximum atomic E-state index is 9.72. The van der Waals surface area contributed by atoms with Crippen LogP contribution in [0.5, 0.6) is 0 Å². The fourth-order valence-corrected chi connectivity index (χ4v) is 3.77. The van der Waals surface area contributed by atoms with Crippen molar-refractivity contribution in [1.82, 2.24) is 4.90 Å². The maximum absolute atomic E-state index is 9.72. The van der Waals surface area contributed by atoms with Gasteiger partial charge in [-0.3, -0.25) is 0 Å². The summed E-state index contributed by atoms with van der Waals surface area (Å²) >= 11 is 1.84. The molecule has 0 bridgehead atoms. The van der Waals surface area contributed by atoms with E-state index >= 15 is 0 Å². The summed E-state index contributed by atoms with van der Waals surface area (Å²) < 4.78 is 0. The molecule has 1 aromatic heterocycles. The van der Waals surface area contributed by atoms with Gasteiger partial charge in [-0.1, -0.05) is 25.3 Å². The Bertz CT molecular complexity index is 330. The lowest BCUT2D eigenvalue weighted by Gasteiger charge is -2.38. The van der Waals surface area contributed by atoms with Gasteiger partial charge >= 0.3 is 0 Å². The molecule has 0 aromatic carbocycles. The zero-order chi connectivity index (χ0) is 12.8. The van der Waals surface area contributed by atoms with Gasteiger partial charge in [0.2, 0.25) is 0 Å². The van der Waals surface area contributed by atoms with Crippen LogP contribution in [0, 0.1) is 5.41 Å². The van der Waals surface area contributed by atoms with Crippen LogP contribution in [0.4, 0.5) is 0 Å². The van der Waals surface area contributed by atoms with Crippen molar-refractivity contribution in [2.45, 2.75) is 38.5 Å². The van der Waals surface area contributed by atoms with Crippen LogP contribution in [0.25, 0.3) is 0 Å². The van der Waals surface area contributed by atoms with E-state index in [4.69, 9.17) is 0 Å². The number of hydrogen-bond donors (Lipinski definition) is 1. The topological polar surface area (TPSA) is 23.5 Å². The molecular formula is C15H25NOS. The second-order valence-electron chi connectivity index (χ2n) is 5.79. The van der Waals surface area contributed by atoms with E-state index in [1.54, 1.807) is 0 Å². The molecule has 1 N–H and O–H groups in total. The number of rotatable bonds is 6. The average Bonchev–Trinajstić information content (AvgIpc) is 2.91. The zero-order valence-corrected chi connectivity index (χ0v) is 12.2. The highest BCUT2D eigenvalue weighted by Gasteiger charge is 2.32. The molecule has 1 aromatic rings. The molecule has 2 nitrogen and oxygen atoms in total. The smallest absolute Gasteiger partial charge is 0.0499 e. The summed E-state index contributed by atoms with van der Waals surface area (Å²) in [6.07, 6.45) is 7.47. The molecule has 1 aliphatic carbocycles. The fourth-order valence-electron chi connectivity index (χ4n) is 3.08. The monoisotopic (exact) mass is 267 g/mol. The van der Waals surface area contributed by atoms with Gasteiger partial charge in [0.05, 0.1) is 0 Å². The third-order valence-corrected chi connectivity index (χ3v) is 5.11. The summed E-state index contributed by atoms with van der Waals surface area (Å²) in [6.45, 7) is 2.51. The number of aliphatic hydroxyl groups is 1. The van der Waals surface area contributed by atoms with Gasteiger partial charge in [0.25, 0.3) is 0 Å². The van der Waals surface area contributed by atoms with Crippen molar-refractivity contribution in [3.05, 3.63) is 22.4 Å². The first-order valence-electron chi connectivity index (χ1n) is 7.06. The van der Waals surface area contributed by atoms with Crippen molar-refractivity contribution in [3.63, 3.8) is 0 Å². The van der Waals surface area contributed by atoms with E-state index in [0.717, 1.165) is 19.5 Å². The summed E-state index contributed by atoms with van der Waals surface area (Å²) in [7, 11) is 2.19. The van der Waals surface area contributed by atoms with E-state index in [0.29, 0.717) is 6.61 Å². The first kappa shape index (κ1) is 14.0. The van der Waals surface area contributed by atoms with Crippen LogP contribution in [0.15, 0.2) is 17.5 Å². The Morgan fingerprint density at radius 2 is 2.11 bits per heavy atom. The van der Waals surface area contributed by atoms with E-state index in [-0.39, 0.29) is 5.41 Å². The second kappa shape index (κ2) is 6.69. The van der Waals surface area contributed by atoms with Crippen molar-refractivity contribution in [2.24, 2.45) is 5.41 Å². The van der Waals surface area contributed by atoms with Crippen molar-refractivity contribution in [1.29, 1.82) is 0 Å². The molecule has 2 rings (SSSR count). The third-order valence-electron chi connectivity index (χ3n) is 4.17. The van der Waals surface area contributed by atoms with Crippen molar-refractivity contribution >= 4 is 11.3 Å². The van der Waals surface area contributed by atoms with E-state index in [2.05, 4.69) is 29.5 Å². The van der Waals surface area contributed by atoms with Crippen molar-refractivity contribution in [3.8, 4) is 0 Å². The second-order valence-corrected chi connectivity index (χ2v) is 6.82. The molecule has 1 fully saturated rings. The summed E-state index contributed by atoms with van der Waals surface area (Å²) in [5.74, 6) is 0. The quantitative estimate of drug-likeness (QED) is 0.856. The van der Waals surface area contributed by atoms with E-state index < -0.39 is 0 Å². The molecule has 0 amide bonds. The number of likely N-dealkylation sites (N-methyl/N-ethyl adjacent to an activating group) is 1. The first-order valence-corrected chi connectivity index (χ1v) is 7.94. The lowest BCUT2D eigenvalue weighted by atomic mass is 9.74. The van der Waals surface area contributed by atoms with Crippen LogP contribution in [-0.2, 0) is 6.42 Å². The van der Waals surface area contributed by atoms with E-state index in [1.165, 1.54) is 37.0 Å². The van der Waals surface area contributed by atoms with E-state index in [1.807, 2.05) is 11.3 Å². The minimum absolute atomic E-state index is 0.183. The van der Waals surface area contributed by atoms with Crippen molar-refractivity contribution < 1.29 is 5.11 Å². The molecule has 3 heteroatoms. The van der Waals surface area contributed by atoms with Crippen LogP contribution < -0.4 is 0 Å². The predicted octanol–water partition coefficient (Wildman–Crippen LogP) is 3.17. The molecule has 0 unspecified atom stereocenters. The summed E-state index contributed by atoms with van der Waals surface area (Å²) in [5, 5.41) is 11.9. The Hall–Kier alpha value is -0.380. The normalized spacial score (nSPS) is 19.3. The van der Waals surface area contributed by atoms with E-state index in [9.17, 15) is 5.11 Å². The largest absolute Gasteiger partial charge is 0.396 e. The average molecular weight is 267 g/mol. The van der Waals surface area contributed by atoms with Gasteiger partial charge in [-0.15, -0.1) is 11.3 Å². The Morgan fingerprint density at radius 3 is 2.72 bits per heavy atom. The Balaban J connectivity index is 1.79. The zero-order valence-electron chi connectivity index (χ0n) is 11.4. The highest BCUT2D eigenvalue weighted by atomic mass is 32.1. The molecule has 0 saturated heterocycles. The van der Waals surface area contributed by atoms with Crippen molar-refractivity contribution in [2.75, 3.05) is 26.7 Å². The number of nitrogens with zero attached hydrogens (tertiary/aromatic N) is 1. The predicted molar refractivity (Wildman–Crippen MR) is 78.1 cm³/mol. The molecule has 1 saturated carbocycles. The van der Waals surface area contributed by atoms with Gasteiger partial charge < -0.3 is 10.0 Å². The standard InChI is InChI=1S/C15H25NOS/c1-16(10-7-14-6-5-11-18-14)12-15(13-17)8-3-2-4-9-15/h5-6,11,17H,2-4,7-10,12-13H2,1H3. The van der Waals surface area contributed by atoms with Crippen LogP contribution in [-0.4, -0.2) is 36.8 Å². The number of thiophene rings is 1. The summed E-state index contributed by atoms with van der Waals surface area (Å²) in [6, 6.07) is 4.33. The highest BCUT2D eigenvalue weighted by molar-refractivity contribution is 7.09. The minimum atomic E-state index is 0.183. The molecule has 102 valence electrons. The lowest BCUT2D eigenvalue weighted by molar-refractivity contribution is 0.0489. The molecule has 1 heterocycles. The van der Waals surface area contributed by atoms with Gasteiger partial charge in [0, 0.05) is 30.0 Å². The summed E-state index contributed by atoms with van der Waals surface area (Å²) in [4.78, 5) is 3.87. The van der Waals surface area contributed by atoms with Crippen LogP contribution in [0.3, 0.4) is 0 Å². The molecular weight excluding hydrogens is 242 g/mol. The third kappa shape index (κ3) is 3.81. The molecule has 0 radical (unpaired) electrons. The van der Waals surface area contributed by atoms with Gasteiger partial charge in [-0.05, 0) is 37.8 Å². The fraction of sp³-hybridized carbons (Fsp3) is 0.733. The molecule has 18 heavy (non-hydrogen) atoms. The Kier molecular flexibility index (Phi) is 5.22. The van der Waals surface area contributed by atoms with Gasteiger partial charge in [-0.2, -0.15) is 0 Å². The number of hydrogen-bond acceptors (Lipinski definition) is 3. The van der Waals surface area contributed by atoms with Crippen LogP contribution in [0.2, 0.25) is 0 Å². The molecule has 0 atom stereocenters. The SMILES string of the molecule is CN(CCc1cccs1)CC1(CO)CCCCC1. The van der Waals surface area contributed by atoms with Crippen LogP contribution in [0.1, 0.15) is 37.0 Å². The first-order chi connectivity index (χ1) is 8.74. The Morgan fingerprint density at radius 1 is 1.33 bits per heavy atom. The molecule has 1 aliphatic rings. The lowest BCUT2D eigenvalue weighted by Crippen LogP contribution is -2.40. The highest BCUT2D eigenvalue weighted by Crippen LogP contribution is 2.36. The minimum Gasteiger partial charge on any atom is -0.396 e.